The lowest BCUT2D eigenvalue weighted by Crippen LogP contribution is -2.30. The topological polar surface area (TPSA) is 56.0 Å². The number of carbonyl (C=O) groups is 1. The molecule has 0 fully saturated rings. The van der Waals surface area contributed by atoms with E-state index in [0.29, 0.717) is 12.2 Å². The van der Waals surface area contributed by atoms with Gasteiger partial charge in [-0.2, -0.15) is 5.10 Å². The fourth-order valence-electron chi connectivity index (χ4n) is 4.50. The molecule has 3 heterocycles. The van der Waals surface area contributed by atoms with Crippen LogP contribution in [0.1, 0.15) is 28.2 Å². The highest BCUT2D eigenvalue weighted by molar-refractivity contribution is 6.06. The van der Waals surface area contributed by atoms with Crippen LogP contribution in [0.5, 0.6) is 0 Å². The van der Waals surface area contributed by atoms with Gasteiger partial charge in [-0.15, -0.1) is 0 Å². The first kappa shape index (κ1) is 15.6. The smallest absolute Gasteiger partial charge is 0.281 e. The van der Waals surface area contributed by atoms with Gasteiger partial charge in [0, 0.05) is 24.3 Å². The van der Waals surface area contributed by atoms with Gasteiger partial charge < -0.3 is 4.57 Å². The summed E-state index contributed by atoms with van der Waals surface area (Å²) in [6.45, 7) is 1.40. The van der Waals surface area contributed by atoms with Crippen LogP contribution in [-0.2, 0) is 19.4 Å². The maximum atomic E-state index is 13.5. The summed E-state index contributed by atoms with van der Waals surface area (Å²) in [5.41, 5.74) is 5.86. The number of imidazole rings is 1. The van der Waals surface area contributed by atoms with Crippen molar-refractivity contribution in [1.82, 2.24) is 19.3 Å². The molecule has 138 valence electrons. The van der Waals surface area contributed by atoms with Gasteiger partial charge in [-0.1, -0.05) is 30.3 Å². The van der Waals surface area contributed by atoms with Gasteiger partial charge in [0.15, 0.2) is 5.69 Å². The van der Waals surface area contributed by atoms with Crippen molar-refractivity contribution in [3.05, 3.63) is 71.5 Å². The van der Waals surface area contributed by atoms with Crippen LogP contribution in [0.2, 0.25) is 0 Å². The minimum absolute atomic E-state index is 0.0399. The second-order valence-electron chi connectivity index (χ2n) is 7.38. The van der Waals surface area contributed by atoms with E-state index < -0.39 is 0 Å². The number of hydrogen-bond donors (Lipinski definition) is 0. The molecule has 0 spiro atoms. The van der Waals surface area contributed by atoms with Crippen molar-refractivity contribution in [2.24, 2.45) is 0 Å². The molecule has 6 rings (SSSR count). The third kappa shape index (κ3) is 2.11. The number of benzene rings is 2. The summed E-state index contributed by atoms with van der Waals surface area (Å²) in [6, 6.07) is 18.1. The highest BCUT2D eigenvalue weighted by Gasteiger charge is 2.34. The molecule has 0 saturated heterocycles. The molecule has 0 N–H and O–H groups in total. The van der Waals surface area contributed by atoms with E-state index in [1.807, 2.05) is 53.2 Å². The van der Waals surface area contributed by atoms with Crippen molar-refractivity contribution in [3.63, 3.8) is 0 Å². The molecule has 0 radical (unpaired) electrons. The average molecular weight is 369 g/mol. The van der Waals surface area contributed by atoms with Crippen molar-refractivity contribution < 1.29 is 4.79 Å². The molecule has 1 aliphatic carbocycles. The van der Waals surface area contributed by atoms with Crippen molar-refractivity contribution in [2.45, 2.75) is 25.8 Å². The van der Waals surface area contributed by atoms with E-state index in [-0.39, 0.29) is 5.91 Å². The second kappa shape index (κ2) is 5.79. The van der Waals surface area contributed by atoms with Gasteiger partial charge in [-0.05, 0) is 43.5 Å². The summed E-state index contributed by atoms with van der Waals surface area (Å²) in [4.78, 5) is 20.0. The van der Waals surface area contributed by atoms with Crippen LogP contribution in [0.25, 0.3) is 16.7 Å². The van der Waals surface area contributed by atoms with Gasteiger partial charge in [-0.3, -0.25) is 9.69 Å². The predicted octanol–water partition coefficient (Wildman–Crippen LogP) is 3.37. The van der Waals surface area contributed by atoms with Gasteiger partial charge in [0.05, 0.1) is 16.7 Å². The average Bonchev–Trinajstić information content (AvgIpc) is 3.48. The Labute approximate surface area is 162 Å². The lowest BCUT2D eigenvalue weighted by Gasteiger charge is -2.13. The van der Waals surface area contributed by atoms with Crippen molar-refractivity contribution >= 4 is 22.9 Å². The largest absolute Gasteiger partial charge is 0.308 e. The summed E-state index contributed by atoms with van der Waals surface area (Å²) in [5, 5.41) is 4.76. The molecule has 0 bridgehead atoms. The van der Waals surface area contributed by atoms with Crippen molar-refractivity contribution in [3.8, 4) is 5.69 Å². The zero-order valence-electron chi connectivity index (χ0n) is 15.4. The molecule has 2 aromatic heterocycles. The van der Waals surface area contributed by atoms with E-state index in [2.05, 4.69) is 10.6 Å². The number of fused-ring (bicyclic) bond motifs is 4. The first-order valence-corrected chi connectivity index (χ1v) is 9.74. The zero-order valence-corrected chi connectivity index (χ0v) is 15.4. The van der Waals surface area contributed by atoms with Gasteiger partial charge >= 0.3 is 0 Å². The van der Waals surface area contributed by atoms with E-state index in [1.165, 1.54) is 5.69 Å². The molecule has 0 unspecified atom stereocenters. The SMILES string of the molecule is O=C(c1nn(-c2ccccc2)c2c1CCC2)N1CCn2c1nc1ccccc12. The molecule has 4 aromatic rings. The number of anilines is 1. The standard InChI is InChI=1S/C22H19N5O/c28-21(26-14-13-25-19-11-5-4-10-17(19)23-22(25)26)20-16-9-6-12-18(16)27(24-20)15-7-2-1-3-8-15/h1-5,7-8,10-11H,6,9,12-14H2. The summed E-state index contributed by atoms with van der Waals surface area (Å²) in [5.74, 6) is 0.689. The second-order valence-corrected chi connectivity index (χ2v) is 7.38. The normalized spacial score (nSPS) is 15.2. The van der Waals surface area contributed by atoms with E-state index in [1.54, 1.807) is 4.90 Å². The fraction of sp³-hybridized carbons (Fsp3) is 0.227. The number of amides is 1. The minimum Gasteiger partial charge on any atom is -0.308 e. The first-order chi connectivity index (χ1) is 13.8. The molecular weight excluding hydrogens is 350 g/mol. The Hall–Kier alpha value is -3.41. The number of carbonyl (C=O) groups excluding carboxylic acids is 1. The van der Waals surface area contributed by atoms with Crippen LogP contribution >= 0.6 is 0 Å². The lowest BCUT2D eigenvalue weighted by molar-refractivity contribution is 0.0982. The number of para-hydroxylation sites is 3. The Balaban J connectivity index is 1.45. The molecule has 1 amide bonds. The Morgan fingerprint density at radius 3 is 2.64 bits per heavy atom. The third-order valence-electron chi connectivity index (χ3n) is 5.80. The zero-order chi connectivity index (χ0) is 18.7. The summed E-state index contributed by atoms with van der Waals surface area (Å²) >= 11 is 0. The van der Waals surface area contributed by atoms with Crippen LogP contribution in [0.15, 0.2) is 54.6 Å². The van der Waals surface area contributed by atoms with E-state index >= 15 is 0 Å². The Bertz CT molecular complexity index is 1220. The summed E-state index contributed by atoms with van der Waals surface area (Å²) < 4.78 is 4.08. The molecule has 0 atom stereocenters. The highest BCUT2D eigenvalue weighted by Crippen LogP contribution is 2.32. The summed E-state index contributed by atoms with van der Waals surface area (Å²) in [6.07, 6.45) is 2.94. The quantitative estimate of drug-likeness (QED) is 0.544. The number of rotatable bonds is 2. The lowest BCUT2D eigenvalue weighted by atomic mass is 10.2. The molecule has 6 heteroatoms. The number of nitrogens with zero attached hydrogens (tertiary/aromatic N) is 5. The van der Waals surface area contributed by atoms with Gasteiger partial charge in [-0.25, -0.2) is 9.67 Å². The molecule has 0 saturated carbocycles. The maximum absolute atomic E-state index is 13.5. The van der Waals surface area contributed by atoms with Crippen LogP contribution < -0.4 is 4.90 Å². The van der Waals surface area contributed by atoms with Gasteiger partial charge in [0.25, 0.3) is 5.91 Å². The molecule has 2 aromatic carbocycles. The summed E-state index contributed by atoms with van der Waals surface area (Å²) in [7, 11) is 0. The Morgan fingerprint density at radius 2 is 1.75 bits per heavy atom. The molecule has 6 nitrogen and oxygen atoms in total. The van der Waals surface area contributed by atoms with Crippen molar-refractivity contribution in [2.75, 3.05) is 11.4 Å². The van der Waals surface area contributed by atoms with Crippen molar-refractivity contribution in [1.29, 1.82) is 0 Å². The highest BCUT2D eigenvalue weighted by atomic mass is 16.2. The first-order valence-electron chi connectivity index (χ1n) is 9.74. The predicted molar refractivity (Wildman–Crippen MR) is 107 cm³/mol. The fourth-order valence-corrected chi connectivity index (χ4v) is 4.50. The van der Waals surface area contributed by atoms with Crippen LogP contribution in [0.4, 0.5) is 5.95 Å². The Kier molecular flexibility index (Phi) is 3.23. The van der Waals surface area contributed by atoms with Crippen LogP contribution in [-0.4, -0.2) is 31.8 Å². The maximum Gasteiger partial charge on any atom is 0.281 e. The molecule has 28 heavy (non-hydrogen) atoms. The molecule has 1 aliphatic heterocycles. The van der Waals surface area contributed by atoms with Crippen LogP contribution in [0, 0.1) is 0 Å². The van der Waals surface area contributed by atoms with E-state index in [4.69, 9.17) is 10.1 Å². The van der Waals surface area contributed by atoms with E-state index in [9.17, 15) is 4.79 Å². The van der Waals surface area contributed by atoms with Gasteiger partial charge in [0.1, 0.15) is 0 Å². The molecule has 2 aliphatic rings. The third-order valence-corrected chi connectivity index (χ3v) is 5.80. The van der Waals surface area contributed by atoms with Gasteiger partial charge in [0.2, 0.25) is 5.95 Å². The Morgan fingerprint density at radius 1 is 0.929 bits per heavy atom. The number of aromatic nitrogens is 4. The number of hydrogen-bond acceptors (Lipinski definition) is 3. The minimum atomic E-state index is -0.0399. The van der Waals surface area contributed by atoms with E-state index in [0.717, 1.165) is 54.0 Å². The van der Waals surface area contributed by atoms with Crippen LogP contribution in [0.3, 0.4) is 0 Å². The molecular formula is C22H19N5O. The monoisotopic (exact) mass is 369 g/mol.